The van der Waals surface area contributed by atoms with Crippen molar-refractivity contribution in [2.45, 2.75) is 19.4 Å². The number of pyridine rings is 1. The van der Waals surface area contributed by atoms with E-state index < -0.39 is 0 Å². The van der Waals surface area contributed by atoms with Crippen molar-refractivity contribution in [3.8, 4) is 5.75 Å². The first-order chi connectivity index (χ1) is 16.1. The number of carbonyl (C=O) groups is 1. The summed E-state index contributed by atoms with van der Waals surface area (Å²) in [7, 11) is 3.96. The number of benzene rings is 1. The minimum absolute atomic E-state index is 0.0342. The maximum atomic E-state index is 13.5. The fourth-order valence-electron chi connectivity index (χ4n) is 3.97. The Bertz CT molecular complexity index is 1070. The molecular formula is C25H31N5O2S. The number of nitrogens with one attached hydrogen (secondary N) is 2. The summed E-state index contributed by atoms with van der Waals surface area (Å²) in [5.74, 6) is 1.49. The highest BCUT2D eigenvalue weighted by Crippen LogP contribution is 2.32. The van der Waals surface area contributed by atoms with Crippen molar-refractivity contribution in [3.63, 3.8) is 0 Å². The number of nitrogens with zero attached hydrogens (tertiary/aromatic N) is 3. The third-order valence-corrected chi connectivity index (χ3v) is 6.67. The number of carbonyl (C=O) groups excluding carboxylic acids is 1. The largest absolute Gasteiger partial charge is 0.485 e. The molecule has 8 heteroatoms. The number of thiophene rings is 1. The Morgan fingerprint density at radius 3 is 2.85 bits per heavy atom. The van der Waals surface area contributed by atoms with Gasteiger partial charge in [-0.2, -0.15) is 0 Å². The second-order valence-electron chi connectivity index (χ2n) is 8.01. The predicted octanol–water partition coefficient (Wildman–Crippen LogP) is 4.40. The Hall–Kier alpha value is -3.10. The Balaban J connectivity index is 1.59. The fraction of sp³-hybridized carbons (Fsp3) is 0.360. The summed E-state index contributed by atoms with van der Waals surface area (Å²) in [6.07, 6.45) is 2.50. The van der Waals surface area contributed by atoms with E-state index in [9.17, 15) is 4.79 Å². The topological polar surface area (TPSA) is 69.7 Å². The Morgan fingerprint density at radius 2 is 2.09 bits per heavy atom. The molecule has 0 saturated carbocycles. The molecule has 3 heterocycles. The van der Waals surface area contributed by atoms with Gasteiger partial charge in [0.1, 0.15) is 17.7 Å². The Labute approximate surface area is 199 Å². The van der Waals surface area contributed by atoms with E-state index in [0.717, 1.165) is 49.0 Å². The van der Waals surface area contributed by atoms with Gasteiger partial charge >= 0.3 is 0 Å². The highest BCUT2D eigenvalue weighted by molar-refractivity contribution is 7.10. The standard InChI is InChI=1S/C25H31N5O2S/c1-4-27-24-16-21-20(17-28-24)25(31)30(13-12-29(21)3)18-7-5-8-19(15-18)32-22(10-11-26-2)23-9-6-14-33-23/h5-9,14-17,22,26H,4,10-13H2,1-3H3,(H,27,28). The molecule has 0 fully saturated rings. The predicted molar refractivity (Wildman–Crippen MR) is 136 cm³/mol. The first-order valence-corrected chi connectivity index (χ1v) is 12.2. The zero-order chi connectivity index (χ0) is 23.2. The Kier molecular flexibility index (Phi) is 7.47. The van der Waals surface area contributed by atoms with Gasteiger partial charge in [-0.05, 0) is 44.1 Å². The van der Waals surface area contributed by atoms with Crippen LogP contribution in [0.2, 0.25) is 0 Å². The van der Waals surface area contributed by atoms with E-state index in [1.807, 2.05) is 62.3 Å². The third kappa shape index (κ3) is 5.29. The second-order valence-corrected chi connectivity index (χ2v) is 8.99. The first-order valence-electron chi connectivity index (χ1n) is 11.3. The molecule has 7 nitrogen and oxygen atoms in total. The molecule has 4 rings (SSSR count). The summed E-state index contributed by atoms with van der Waals surface area (Å²) >= 11 is 1.70. The smallest absolute Gasteiger partial charge is 0.262 e. The molecule has 1 aliphatic heterocycles. The van der Waals surface area contributed by atoms with Crippen LogP contribution in [0.5, 0.6) is 5.75 Å². The third-order valence-electron chi connectivity index (χ3n) is 5.71. The van der Waals surface area contributed by atoms with Crippen LogP contribution in [0.25, 0.3) is 0 Å². The van der Waals surface area contributed by atoms with Gasteiger partial charge in [0.15, 0.2) is 0 Å². The summed E-state index contributed by atoms with van der Waals surface area (Å²) in [5, 5.41) is 8.50. The molecule has 1 unspecified atom stereocenters. The molecule has 33 heavy (non-hydrogen) atoms. The van der Waals surface area contributed by atoms with Crippen LogP contribution < -0.4 is 25.2 Å². The second kappa shape index (κ2) is 10.7. The number of hydrogen-bond donors (Lipinski definition) is 2. The van der Waals surface area contributed by atoms with Crippen LogP contribution in [-0.4, -0.2) is 51.2 Å². The van der Waals surface area contributed by atoms with Crippen LogP contribution in [0.15, 0.2) is 54.0 Å². The van der Waals surface area contributed by atoms with Crippen molar-refractivity contribution in [1.82, 2.24) is 10.3 Å². The zero-order valence-corrected chi connectivity index (χ0v) is 20.2. The number of fused-ring (bicyclic) bond motifs is 1. The molecule has 1 amide bonds. The number of hydrogen-bond acceptors (Lipinski definition) is 7. The molecule has 1 aromatic carbocycles. The average molecular weight is 466 g/mol. The molecule has 1 atom stereocenters. The lowest BCUT2D eigenvalue weighted by Crippen LogP contribution is -2.33. The van der Waals surface area contributed by atoms with Gasteiger partial charge in [0.2, 0.25) is 0 Å². The molecule has 174 valence electrons. The molecule has 2 N–H and O–H groups in total. The van der Waals surface area contributed by atoms with E-state index in [4.69, 9.17) is 4.74 Å². The molecule has 0 saturated heterocycles. The summed E-state index contributed by atoms with van der Waals surface area (Å²) < 4.78 is 6.39. The van der Waals surface area contributed by atoms with Crippen LogP contribution in [0.1, 0.15) is 34.7 Å². The van der Waals surface area contributed by atoms with Crippen LogP contribution in [0.3, 0.4) is 0 Å². The van der Waals surface area contributed by atoms with Crippen molar-refractivity contribution in [2.75, 3.05) is 55.4 Å². The molecular weight excluding hydrogens is 434 g/mol. The molecule has 1 aliphatic rings. The molecule has 0 spiro atoms. The van der Waals surface area contributed by atoms with Crippen LogP contribution in [-0.2, 0) is 0 Å². The van der Waals surface area contributed by atoms with Gasteiger partial charge in [0, 0.05) is 62.0 Å². The van der Waals surface area contributed by atoms with E-state index in [2.05, 4.69) is 32.0 Å². The van der Waals surface area contributed by atoms with Crippen molar-refractivity contribution in [1.29, 1.82) is 0 Å². The highest BCUT2D eigenvalue weighted by Gasteiger charge is 2.27. The SMILES string of the molecule is CCNc1cc2c(cn1)C(=O)N(c1cccc(OC(CCNC)c3cccs3)c1)CCN2C. The van der Waals surface area contributed by atoms with Gasteiger partial charge in [-0.3, -0.25) is 4.79 Å². The minimum Gasteiger partial charge on any atom is -0.485 e. The van der Waals surface area contributed by atoms with Crippen molar-refractivity contribution >= 4 is 34.4 Å². The summed E-state index contributed by atoms with van der Waals surface area (Å²) in [6, 6.07) is 13.9. The normalized spacial score (nSPS) is 14.6. The summed E-state index contributed by atoms with van der Waals surface area (Å²) in [5.41, 5.74) is 2.33. The van der Waals surface area contributed by atoms with E-state index in [0.29, 0.717) is 12.1 Å². The van der Waals surface area contributed by atoms with Gasteiger partial charge < -0.3 is 25.2 Å². The molecule has 0 radical (unpaired) electrons. The number of likely N-dealkylation sites (N-methyl/N-ethyl adjacent to an activating group) is 1. The lowest BCUT2D eigenvalue weighted by molar-refractivity contribution is 0.0990. The van der Waals surface area contributed by atoms with E-state index >= 15 is 0 Å². The van der Waals surface area contributed by atoms with Crippen molar-refractivity contribution < 1.29 is 9.53 Å². The lowest BCUT2D eigenvalue weighted by Gasteiger charge is -2.23. The molecule has 0 bridgehead atoms. The van der Waals surface area contributed by atoms with Gasteiger partial charge in [0.05, 0.1) is 11.3 Å². The average Bonchev–Trinajstić information content (AvgIpc) is 3.33. The highest BCUT2D eigenvalue weighted by atomic mass is 32.1. The van der Waals surface area contributed by atoms with Crippen molar-refractivity contribution in [3.05, 3.63) is 64.5 Å². The van der Waals surface area contributed by atoms with Crippen LogP contribution >= 0.6 is 11.3 Å². The quantitative estimate of drug-likeness (QED) is 0.488. The van der Waals surface area contributed by atoms with Gasteiger partial charge in [-0.1, -0.05) is 12.1 Å². The lowest BCUT2D eigenvalue weighted by atomic mass is 10.1. The zero-order valence-electron chi connectivity index (χ0n) is 19.4. The van der Waals surface area contributed by atoms with Crippen LogP contribution in [0, 0.1) is 0 Å². The van der Waals surface area contributed by atoms with Crippen molar-refractivity contribution in [2.24, 2.45) is 0 Å². The first kappa shape index (κ1) is 23.1. The van der Waals surface area contributed by atoms with E-state index in [1.54, 1.807) is 17.5 Å². The fourth-order valence-corrected chi connectivity index (χ4v) is 4.75. The maximum absolute atomic E-state index is 13.5. The van der Waals surface area contributed by atoms with Crippen LogP contribution in [0.4, 0.5) is 17.2 Å². The molecule has 3 aromatic rings. The number of aromatic nitrogens is 1. The molecule has 2 aromatic heterocycles. The number of rotatable bonds is 9. The van der Waals surface area contributed by atoms with Gasteiger partial charge in [-0.25, -0.2) is 4.98 Å². The van der Waals surface area contributed by atoms with Gasteiger partial charge in [0.25, 0.3) is 5.91 Å². The summed E-state index contributed by atoms with van der Waals surface area (Å²) in [6.45, 7) is 4.97. The van der Waals surface area contributed by atoms with Gasteiger partial charge in [-0.15, -0.1) is 11.3 Å². The molecule has 0 aliphatic carbocycles. The maximum Gasteiger partial charge on any atom is 0.262 e. The van der Waals surface area contributed by atoms with E-state index in [-0.39, 0.29) is 12.0 Å². The summed E-state index contributed by atoms with van der Waals surface area (Å²) in [4.78, 5) is 23.1. The monoisotopic (exact) mass is 465 g/mol. The van der Waals surface area contributed by atoms with E-state index in [1.165, 1.54) is 4.88 Å². The number of amides is 1. The number of anilines is 3. The minimum atomic E-state index is -0.0490. The Morgan fingerprint density at radius 1 is 1.21 bits per heavy atom. The number of ether oxygens (including phenoxy) is 1.